The number of amidine groups is 1. The van der Waals surface area contributed by atoms with Crippen LogP contribution in [0.3, 0.4) is 0 Å². The van der Waals surface area contributed by atoms with Gasteiger partial charge in [-0.15, -0.1) is 0 Å². The standard InChI is InChI=1S/C12H19N4O2/c1-4-6-15-10-9(14(3)8-13-10)11(17)16(7-5-2)12(15)18/h8-9H,4-7H2,1-3H3/q+1. The minimum absolute atomic E-state index is 0.163. The summed E-state index contributed by atoms with van der Waals surface area (Å²) in [4.78, 5) is 31.8. The lowest BCUT2D eigenvalue weighted by Crippen LogP contribution is -2.63. The summed E-state index contributed by atoms with van der Waals surface area (Å²) in [7, 11) is 1.81. The van der Waals surface area contributed by atoms with Gasteiger partial charge in [0.1, 0.15) is 0 Å². The molecule has 0 aromatic rings. The van der Waals surface area contributed by atoms with Gasteiger partial charge >= 0.3 is 6.03 Å². The van der Waals surface area contributed by atoms with Gasteiger partial charge in [0.05, 0.1) is 7.05 Å². The van der Waals surface area contributed by atoms with Crippen molar-refractivity contribution in [3.05, 3.63) is 0 Å². The molecule has 6 heteroatoms. The van der Waals surface area contributed by atoms with Crippen LogP contribution in [0.1, 0.15) is 26.7 Å². The third kappa shape index (κ3) is 1.81. The highest BCUT2D eigenvalue weighted by atomic mass is 16.2. The Morgan fingerprint density at radius 2 is 1.83 bits per heavy atom. The van der Waals surface area contributed by atoms with E-state index in [9.17, 15) is 9.59 Å². The monoisotopic (exact) mass is 251 g/mol. The first-order chi connectivity index (χ1) is 8.61. The maximum Gasteiger partial charge on any atom is 0.334 e. The Bertz CT molecular complexity index is 441. The molecule has 1 atom stereocenters. The van der Waals surface area contributed by atoms with Crippen molar-refractivity contribution in [2.24, 2.45) is 4.99 Å². The van der Waals surface area contributed by atoms with E-state index in [1.54, 1.807) is 15.8 Å². The second-order valence-electron chi connectivity index (χ2n) is 4.59. The molecule has 0 aromatic heterocycles. The lowest BCUT2D eigenvalue weighted by molar-refractivity contribution is -0.501. The molecule has 2 rings (SSSR count). The summed E-state index contributed by atoms with van der Waals surface area (Å²) in [6, 6.07) is -0.664. The first-order valence-corrected chi connectivity index (χ1v) is 6.37. The fraction of sp³-hybridized carbons (Fsp3) is 0.667. The molecule has 3 amide bonds. The van der Waals surface area contributed by atoms with E-state index in [4.69, 9.17) is 0 Å². The van der Waals surface area contributed by atoms with Crippen LogP contribution in [0.25, 0.3) is 0 Å². The Kier molecular flexibility index (Phi) is 3.45. The first kappa shape index (κ1) is 12.7. The second-order valence-corrected chi connectivity index (χ2v) is 4.59. The Balaban J connectivity index is 2.34. The van der Waals surface area contributed by atoms with Gasteiger partial charge in [-0.3, -0.25) is 14.6 Å². The second kappa shape index (κ2) is 4.88. The zero-order chi connectivity index (χ0) is 13.3. The summed E-state index contributed by atoms with van der Waals surface area (Å²) in [6.07, 6.45) is 3.22. The average molecular weight is 251 g/mol. The predicted molar refractivity (Wildman–Crippen MR) is 67.9 cm³/mol. The zero-order valence-electron chi connectivity index (χ0n) is 11.1. The van der Waals surface area contributed by atoms with Gasteiger partial charge in [-0.2, -0.15) is 0 Å². The highest BCUT2D eigenvalue weighted by Crippen LogP contribution is 2.19. The van der Waals surface area contributed by atoms with Gasteiger partial charge in [0.2, 0.25) is 0 Å². The molecule has 0 spiro atoms. The van der Waals surface area contributed by atoms with E-state index in [2.05, 4.69) is 4.99 Å². The molecule has 98 valence electrons. The topological polar surface area (TPSA) is 56.0 Å². The molecule has 6 nitrogen and oxygen atoms in total. The largest absolute Gasteiger partial charge is 0.334 e. The molecule has 18 heavy (non-hydrogen) atoms. The van der Waals surface area contributed by atoms with Crippen LogP contribution >= 0.6 is 0 Å². The predicted octanol–water partition coefficient (Wildman–Crippen LogP) is 0.522. The number of hydrogen-bond donors (Lipinski definition) is 0. The molecule has 0 radical (unpaired) electrons. The summed E-state index contributed by atoms with van der Waals surface area (Å²) in [6.45, 7) is 5.03. The van der Waals surface area contributed by atoms with E-state index in [1.165, 1.54) is 4.90 Å². The number of urea groups is 1. The van der Waals surface area contributed by atoms with Gasteiger partial charge in [-0.1, -0.05) is 13.8 Å². The molecule has 1 fully saturated rings. The summed E-state index contributed by atoms with van der Waals surface area (Å²) < 4.78 is 1.76. The summed E-state index contributed by atoms with van der Waals surface area (Å²) >= 11 is 0. The number of amides is 3. The number of fused-ring (bicyclic) bond motifs is 1. The van der Waals surface area contributed by atoms with Crippen LogP contribution in [0.5, 0.6) is 0 Å². The van der Waals surface area contributed by atoms with Crippen LogP contribution < -0.4 is 0 Å². The van der Waals surface area contributed by atoms with Crippen molar-refractivity contribution in [2.45, 2.75) is 32.7 Å². The number of imide groups is 1. The molecule has 1 saturated heterocycles. The van der Waals surface area contributed by atoms with E-state index in [0.29, 0.717) is 18.9 Å². The third-order valence-electron chi connectivity index (χ3n) is 3.16. The van der Waals surface area contributed by atoms with Crippen molar-refractivity contribution in [1.29, 1.82) is 0 Å². The molecule has 0 aliphatic carbocycles. The fourth-order valence-corrected chi connectivity index (χ4v) is 2.32. The zero-order valence-corrected chi connectivity index (χ0v) is 11.1. The lowest BCUT2D eigenvalue weighted by atomic mass is 10.1. The summed E-state index contributed by atoms with van der Waals surface area (Å²) in [5.41, 5.74) is 0. The quantitative estimate of drug-likeness (QED) is 0.684. The molecule has 1 unspecified atom stereocenters. The van der Waals surface area contributed by atoms with Gasteiger partial charge in [-0.25, -0.2) is 9.37 Å². The molecule has 2 aliphatic rings. The molecule has 2 heterocycles. The van der Waals surface area contributed by atoms with E-state index in [1.807, 2.05) is 20.9 Å². The Hall–Kier alpha value is -1.72. The van der Waals surface area contributed by atoms with Gasteiger partial charge in [0, 0.05) is 13.1 Å². The highest BCUT2D eigenvalue weighted by molar-refractivity contribution is 6.21. The van der Waals surface area contributed by atoms with Crippen molar-refractivity contribution in [2.75, 3.05) is 20.1 Å². The number of carbonyl (C=O) groups excluding carboxylic acids is 2. The van der Waals surface area contributed by atoms with Crippen molar-refractivity contribution in [1.82, 2.24) is 9.80 Å². The van der Waals surface area contributed by atoms with Gasteiger partial charge in [0.25, 0.3) is 24.1 Å². The maximum absolute atomic E-state index is 12.3. The van der Waals surface area contributed by atoms with Gasteiger partial charge in [-0.05, 0) is 17.8 Å². The Morgan fingerprint density at radius 3 is 2.44 bits per heavy atom. The molecular weight excluding hydrogens is 232 g/mol. The smallest absolute Gasteiger partial charge is 0.269 e. The number of likely N-dealkylation sites (N-methyl/N-ethyl adjacent to an activating group) is 1. The van der Waals surface area contributed by atoms with E-state index in [-0.39, 0.29) is 11.9 Å². The number of nitrogens with zero attached hydrogens (tertiary/aromatic N) is 4. The molecular formula is C12H19N4O2+. The highest BCUT2D eigenvalue weighted by Gasteiger charge is 2.51. The number of carbonyl (C=O) groups is 2. The van der Waals surface area contributed by atoms with Crippen LogP contribution in [-0.2, 0) is 4.79 Å². The normalized spacial score (nSPS) is 23.2. The molecule has 0 bridgehead atoms. The van der Waals surface area contributed by atoms with E-state index in [0.717, 1.165) is 12.8 Å². The van der Waals surface area contributed by atoms with Gasteiger partial charge in [0.15, 0.2) is 0 Å². The average Bonchev–Trinajstić information content (AvgIpc) is 2.72. The summed E-state index contributed by atoms with van der Waals surface area (Å²) in [5.74, 6) is 0.408. The molecule has 0 aromatic carbocycles. The maximum atomic E-state index is 12.3. The minimum Gasteiger partial charge on any atom is -0.269 e. The molecule has 2 aliphatic heterocycles. The van der Waals surface area contributed by atoms with Crippen molar-refractivity contribution >= 4 is 24.1 Å². The van der Waals surface area contributed by atoms with Gasteiger partial charge < -0.3 is 0 Å². The third-order valence-corrected chi connectivity index (χ3v) is 3.16. The summed E-state index contributed by atoms with van der Waals surface area (Å²) in [5, 5.41) is 0. The van der Waals surface area contributed by atoms with E-state index >= 15 is 0 Å². The fourth-order valence-electron chi connectivity index (χ4n) is 2.32. The van der Waals surface area contributed by atoms with Crippen molar-refractivity contribution in [3.8, 4) is 0 Å². The van der Waals surface area contributed by atoms with Crippen LogP contribution in [-0.4, -0.2) is 64.7 Å². The van der Waals surface area contributed by atoms with Crippen LogP contribution in [0.15, 0.2) is 4.99 Å². The minimum atomic E-state index is -0.430. The molecule has 0 N–H and O–H groups in total. The first-order valence-electron chi connectivity index (χ1n) is 6.37. The van der Waals surface area contributed by atoms with Crippen LogP contribution in [0.2, 0.25) is 0 Å². The number of hydrogen-bond acceptors (Lipinski definition) is 3. The number of rotatable bonds is 4. The Morgan fingerprint density at radius 1 is 1.22 bits per heavy atom. The SMILES string of the molecule is CCCN1C(=O)C2C(=NC=[N+]2C)N(CCC)C1=O. The Labute approximate surface area is 107 Å². The van der Waals surface area contributed by atoms with E-state index < -0.39 is 6.04 Å². The van der Waals surface area contributed by atoms with Crippen molar-refractivity contribution < 1.29 is 14.2 Å². The van der Waals surface area contributed by atoms with Crippen LogP contribution in [0, 0.1) is 0 Å². The van der Waals surface area contributed by atoms with Crippen LogP contribution in [0.4, 0.5) is 4.79 Å². The number of aliphatic imine (C=N–C) groups is 1. The lowest BCUT2D eigenvalue weighted by Gasteiger charge is -2.34. The van der Waals surface area contributed by atoms with Crippen molar-refractivity contribution in [3.63, 3.8) is 0 Å². The molecule has 0 saturated carbocycles.